The van der Waals surface area contributed by atoms with Gasteiger partial charge in [-0.05, 0) is 18.1 Å². The number of rotatable bonds is 4. The maximum atomic E-state index is 12.8. The molecule has 0 spiro atoms. The first-order valence-corrected chi connectivity index (χ1v) is 9.60. The molecule has 0 radical (unpaired) electrons. The highest BCUT2D eigenvalue weighted by Crippen LogP contribution is 2.39. The Hall–Kier alpha value is -3.81. The molecule has 2 aromatic heterocycles. The monoisotopic (exact) mass is 403 g/mol. The average Bonchev–Trinajstić information content (AvgIpc) is 2.99. The van der Waals surface area contributed by atoms with Crippen LogP contribution in [0.5, 0.6) is 5.88 Å². The van der Waals surface area contributed by atoms with Crippen molar-refractivity contribution in [2.75, 3.05) is 0 Å². The zero-order chi connectivity index (χ0) is 21.4. The van der Waals surface area contributed by atoms with E-state index in [0.29, 0.717) is 28.6 Å². The highest BCUT2D eigenvalue weighted by Gasteiger charge is 2.19. The minimum atomic E-state index is -0.693. The number of fused-ring (bicyclic) bond motifs is 2. The van der Waals surface area contributed by atoms with Crippen LogP contribution in [0.25, 0.3) is 21.7 Å². The predicted octanol–water partition coefficient (Wildman–Crippen LogP) is 4.17. The summed E-state index contributed by atoms with van der Waals surface area (Å²) in [6.45, 7) is 4.70. The van der Waals surface area contributed by atoms with E-state index in [1.807, 2.05) is 24.3 Å². The van der Waals surface area contributed by atoms with E-state index in [1.54, 1.807) is 28.8 Å². The molecule has 1 amide bonds. The Kier molecular flexibility index (Phi) is 4.91. The van der Waals surface area contributed by atoms with Crippen LogP contribution < -0.4 is 5.56 Å². The maximum Gasteiger partial charge on any atom is 0.316 e. The molecule has 30 heavy (non-hydrogen) atoms. The Morgan fingerprint density at radius 3 is 2.40 bits per heavy atom. The lowest BCUT2D eigenvalue weighted by Crippen LogP contribution is -2.22. The maximum absolute atomic E-state index is 12.8. The molecule has 0 saturated carbocycles. The summed E-state index contributed by atoms with van der Waals surface area (Å²) in [5, 5.41) is 24.2. The van der Waals surface area contributed by atoms with Gasteiger partial charge in [-0.2, -0.15) is 5.10 Å². The van der Waals surface area contributed by atoms with E-state index < -0.39 is 5.91 Å². The summed E-state index contributed by atoms with van der Waals surface area (Å²) >= 11 is 0. The van der Waals surface area contributed by atoms with Gasteiger partial charge in [-0.25, -0.2) is 4.68 Å². The number of hydrogen-bond acceptors (Lipinski definition) is 5. The number of nitrogens with zero attached hydrogens (tertiary/aromatic N) is 5. The summed E-state index contributed by atoms with van der Waals surface area (Å²) in [4.78, 5) is 25.1. The van der Waals surface area contributed by atoms with E-state index in [-0.39, 0.29) is 22.8 Å². The van der Waals surface area contributed by atoms with Gasteiger partial charge in [0.1, 0.15) is 0 Å². The largest absolute Gasteiger partial charge is 0.493 e. The summed E-state index contributed by atoms with van der Waals surface area (Å²) in [6.07, 6.45) is 0. The van der Waals surface area contributed by atoms with Gasteiger partial charge in [-0.15, -0.1) is 10.2 Å². The van der Waals surface area contributed by atoms with Crippen molar-refractivity contribution in [1.29, 1.82) is 0 Å². The minimum Gasteiger partial charge on any atom is -0.493 e. The van der Waals surface area contributed by atoms with Crippen LogP contribution in [0.1, 0.15) is 24.3 Å². The molecule has 4 rings (SSSR count). The number of aromatic nitrogens is 3. The summed E-state index contributed by atoms with van der Waals surface area (Å²) in [5.74, 6) is -0.430. The van der Waals surface area contributed by atoms with Crippen molar-refractivity contribution in [3.63, 3.8) is 0 Å². The molecule has 0 aliphatic heterocycles. The van der Waals surface area contributed by atoms with Crippen molar-refractivity contribution in [2.24, 2.45) is 23.2 Å². The fourth-order valence-corrected chi connectivity index (χ4v) is 3.52. The lowest BCUT2D eigenvalue weighted by atomic mass is 10.1. The number of carbonyl (C=O) groups excluding carboxylic acids is 1. The number of benzene rings is 2. The van der Waals surface area contributed by atoms with Gasteiger partial charge in [-0.1, -0.05) is 50.2 Å². The van der Waals surface area contributed by atoms with Gasteiger partial charge >= 0.3 is 5.91 Å². The lowest BCUT2D eigenvalue weighted by molar-refractivity contribution is 0.0990. The zero-order valence-electron chi connectivity index (χ0n) is 16.9. The summed E-state index contributed by atoms with van der Waals surface area (Å²) in [6, 6.07) is 14.2. The topological polar surface area (TPSA) is 102 Å². The second kappa shape index (κ2) is 7.55. The van der Waals surface area contributed by atoms with Crippen LogP contribution in [0.2, 0.25) is 0 Å². The first-order chi connectivity index (χ1) is 14.4. The van der Waals surface area contributed by atoms with Gasteiger partial charge in [0.2, 0.25) is 5.88 Å². The third kappa shape index (κ3) is 3.26. The number of carbonyl (C=O) groups is 1. The van der Waals surface area contributed by atoms with Crippen LogP contribution in [0.3, 0.4) is 0 Å². The highest BCUT2D eigenvalue weighted by atomic mass is 16.3. The Labute approximate surface area is 172 Å². The fourth-order valence-electron chi connectivity index (χ4n) is 3.52. The molecule has 0 atom stereocenters. The highest BCUT2D eigenvalue weighted by molar-refractivity contribution is 6.05. The van der Waals surface area contributed by atoms with Crippen molar-refractivity contribution in [3.05, 3.63) is 64.6 Å². The van der Waals surface area contributed by atoms with Crippen LogP contribution >= 0.6 is 0 Å². The first kappa shape index (κ1) is 19.5. The van der Waals surface area contributed by atoms with Gasteiger partial charge < -0.3 is 9.67 Å². The molecule has 0 aliphatic rings. The Morgan fingerprint density at radius 2 is 1.70 bits per heavy atom. The fraction of sp³-hybridized carbons (Fsp3) is 0.227. The van der Waals surface area contributed by atoms with Crippen LogP contribution in [0, 0.1) is 5.92 Å². The quantitative estimate of drug-likeness (QED) is 0.517. The van der Waals surface area contributed by atoms with Gasteiger partial charge in [0, 0.05) is 24.4 Å². The molecule has 4 aromatic rings. The molecule has 8 nitrogen and oxygen atoms in total. The molecule has 1 N–H and O–H groups in total. The second-order valence-electron chi connectivity index (χ2n) is 7.52. The van der Waals surface area contributed by atoms with E-state index in [4.69, 9.17) is 0 Å². The third-order valence-corrected chi connectivity index (χ3v) is 4.87. The average molecular weight is 403 g/mol. The van der Waals surface area contributed by atoms with Gasteiger partial charge in [-0.3, -0.25) is 9.59 Å². The van der Waals surface area contributed by atoms with E-state index in [2.05, 4.69) is 29.2 Å². The molecular weight excluding hydrogens is 382 g/mol. The Balaban J connectivity index is 1.81. The molecule has 0 saturated heterocycles. The van der Waals surface area contributed by atoms with Crippen molar-refractivity contribution in [1.82, 2.24) is 14.3 Å². The van der Waals surface area contributed by atoms with Crippen LogP contribution in [-0.2, 0) is 13.6 Å². The standard InChI is InChI=1S/C22H21N5O3/c1-13(2)12-27-17-11-7-6-10-16(17)19(22(27)30)23-24-20(28)18-14-8-4-5-9-15(14)21(29)26(3)25-18/h4-11,13,30H,12H2,1-3H3. The molecule has 152 valence electrons. The van der Waals surface area contributed by atoms with E-state index in [1.165, 1.54) is 7.05 Å². The molecule has 0 bridgehead atoms. The zero-order valence-corrected chi connectivity index (χ0v) is 16.9. The van der Waals surface area contributed by atoms with Gasteiger partial charge in [0.25, 0.3) is 5.56 Å². The Morgan fingerprint density at radius 1 is 1.07 bits per heavy atom. The van der Waals surface area contributed by atoms with E-state index >= 15 is 0 Å². The Bertz CT molecular complexity index is 1360. The number of hydrogen-bond donors (Lipinski definition) is 1. The second-order valence-corrected chi connectivity index (χ2v) is 7.52. The van der Waals surface area contributed by atoms with E-state index in [0.717, 1.165) is 10.2 Å². The van der Waals surface area contributed by atoms with Crippen LogP contribution in [-0.4, -0.2) is 25.4 Å². The number of azo groups is 1. The SMILES string of the molecule is CC(C)Cn1c(O)c(N=NC(=O)c2nn(C)c(=O)c3ccccc23)c2ccccc21. The van der Waals surface area contributed by atoms with Crippen molar-refractivity contribution < 1.29 is 9.90 Å². The smallest absolute Gasteiger partial charge is 0.316 e. The molecule has 0 unspecified atom stereocenters. The number of amides is 1. The molecule has 2 heterocycles. The van der Waals surface area contributed by atoms with Crippen LogP contribution in [0.4, 0.5) is 5.69 Å². The summed E-state index contributed by atoms with van der Waals surface area (Å²) < 4.78 is 2.87. The predicted molar refractivity (Wildman–Crippen MR) is 114 cm³/mol. The van der Waals surface area contributed by atoms with Gasteiger partial charge in [0.15, 0.2) is 11.4 Å². The van der Waals surface area contributed by atoms with E-state index in [9.17, 15) is 14.7 Å². The van der Waals surface area contributed by atoms with Crippen molar-refractivity contribution >= 4 is 33.3 Å². The molecule has 0 aliphatic carbocycles. The number of aromatic hydroxyl groups is 1. The third-order valence-electron chi connectivity index (χ3n) is 4.87. The van der Waals surface area contributed by atoms with Crippen molar-refractivity contribution in [3.8, 4) is 5.88 Å². The number of aryl methyl sites for hydroxylation is 1. The normalized spacial score (nSPS) is 11.9. The van der Waals surface area contributed by atoms with Crippen LogP contribution in [0.15, 0.2) is 63.6 Å². The molecule has 2 aromatic carbocycles. The van der Waals surface area contributed by atoms with Gasteiger partial charge in [0.05, 0.1) is 10.9 Å². The van der Waals surface area contributed by atoms with Crippen molar-refractivity contribution in [2.45, 2.75) is 20.4 Å². The molecular formula is C22H21N5O3. The minimum absolute atomic E-state index is 0.0295. The number of para-hydroxylation sites is 1. The summed E-state index contributed by atoms with van der Waals surface area (Å²) in [5.41, 5.74) is 0.778. The lowest BCUT2D eigenvalue weighted by Gasteiger charge is -2.09. The first-order valence-electron chi connectivity index (χ1n) is 9.60. The summed E-state index contributed by atoms with van der Waals surface area (Å²) in [7, 11) is 1.48. The molecule has 0 fully saturated rings. The molecule has 8 heteroatoms.